The molecule has 0 saturated heterocycles. The summed E-state index contributed by atoms with van der Waals surface area (Å²) < 4.78 is 6.77. The summed E-state index contributed by atoms with van der Waals surface area (Å²) in [5.41, 5.74) is 2.34. The lowest BCUT2D eigenvalue weighted by molar-refractivity contribution is 0.189. The van der Waals surface area contributed by atoms with Crippen molar-refractivity contribution in [1.82, 2.24) is 0 Å². The maximum Gasteiger partial charge on any atom is 0.195 e. The Balaban J connectivity index is 1.60. The molecule has 0 saturated carbocycles. The summed E-state index contributed by atoms with van der Waals surface area (Å²) >= 11 is 0. The molecule has 3 heteroatoms. The van der Waals surface area contributed by atoms with Crippen LogP contribution < -0.4 is 10.6 Å². The third-order valence-electron chi connectivity index (χ3n) is 6.16. The highest BCUT2D eigenvalue weighted by Crippen LogP contribution is 2.52. The third kappa shape index (κ3) is 4.36. The van der Waals surface area contributed by atoms with Crippen molar-refractivity contribution in [1.29, 1.82) is 0 Å². The number of nitrogens with zero attached hydrogens (tertiary/aromatic N) is 1. The molecule has 0 unspecified atom stereocenters. The molecule has 2 atom stereocenters. The zero-order valence-electron chi connectivity index (χ0n) is 19.0. The van der Waals surface area contributed by atoms with Gasteiger partial charge in [-0.2, -0.15) is 0 Å². The van der Waals surface area contributed by atoms with Gasteiger partial charge in [0.2, 0.25) is 0 Å². The number of rotatable bonds is 6. The second-order valence-electron chi connectivity index (χ2n) is 8.80. The summed E-state index contributed by atoms with van der Waals surface area (Å²) in [7, 11) is -0.737. The zero-order chi connectivity index (χ0) is 22.7. The summed E-state index contributed by atoms with van der Waals surface area (Å²) in [5, 5.41) is 2.37. The molecular weight excluding hydrogens is 421 g/mol. The van der Waals surface area contributed by atoms with Crippen molar-refractivity contribution in [3.8, 4) is 0 Å². The molecule has 164 valence electrons. The van der Waals surface area contributed by atoms with Gasteiger partial charge in [0, 0.05) is 0 Å². The number of hydrogen-bond donors (Lipinski definition) is 0. The SMILES string of the molecule is CC(C)(C1=N[C@@H](c2ccccc2)[C@@H](c2ccccc2)O1)P(c1ccccc1)c1ccccc1. The van der Waals surface area contributed by atoms with Crippen LogP contribution in [0.5, 0.6) is 0 Å². The predicted octanol–water partition coefficient (Wildman–Crippen LogP) is 6.81. The van der Waals surface area contributed by atoms with Crippen LogP contribution in [-0.2, 0) is 4.74 Å². The van der Waals surface area contributed by atoms with Crippen molar-refractivity contribution in [2.24, 2.45) is 4.99 Å². The summed E-state index contributed by atoms with van der Waals surface area (Å²) in [6.07, 6.45) is -0.133. The lowest BCUT2D eigenvalue weighted by atomic mass is 9.97. The van der Waals surface area contributed by atoms with Gasteiger partial charge in [0.25, 0.3) is 0 Å². The van der Waals surface area contributed by atoms with Gasteiger partial charge in [-0.1, -0.05) is 121 Å². The Hall–Kier alpha value is -3.22. The van der Waals surface area contributed by atoms with Crippen LogP contribution >= 0.6 is 7.92 Å². The second kappa shape index (κ2) is 9.33. The highest BCUT2D eigenvalue weighted by Gasteiger charge is 2.44. The number of ether oxygens (including phenoxy) is 1. The van der Waals surface area contributed by atoms with E-state index in [4.69, 9.17) is 9.73 Å². The molecule has 0 spiro atoms. The summed E-state index contributed by atoms with van der Waals surface area (Å²) in [4.78, 5) is 5.27. The van der Waals surface area contributed by atoms with E-state index in [-0.39, 0.29) is 17.3 Å². The molecule has 4 aromatic carbocycles. The quantitative estimate of drug-likeness (QED) is 0.296. The van der Waals surface area contributed by atoms with Crippen molar-refractivity contribution >= 4 is 24.4 Å². The van der Waals surface area contributed by atoms with Crippen LogP contribution in [0.25, 0.3) is 0 Å². The van der Waals surface area contributed by atoms with Crippen molar-refractivity contribution in [2.75, 3.05) is 0 Å². The summed E-state index contributed by atoms with van der Waals surface area (Å²) in [5.74, 6) is 0.837. The van der Waals surface area contributed by atoms with Crippen LogP contribution in [0.3, 0.4) is 0 Å². The molecule has 1 aliphatic heterocycles. The topological polar surface area (TPSA) is 21.6 Å². The van der Waals surface area contributed by atoms with E-state index in [9.17, 15) is 0 Å². The molecule has 0 amide bonds. The summed E-state index contributed by atoms with van der Waals surface area (Å²) in [6, 6.07) is 42.5. The molecule has 0 aromatic heterocycles. The Kier molecular flexibility index (Phi) is 6.11. The highest BCUT2D eigenvalue weighted by atomic mass is 31.1. The van der Waals surface area contributed by atoms with Gasteiger partial charge in [-0.3, -0.25) is 0 Å². The average molecular weight is 450 g/mol. The van der Waals surface area contributed by atoms with Crippen molar-refractivity contribution in [3.63, 3.8) is 0 Å². The molecular formula is C30H28NOP. The zero-order valence-corrected chi connectivity index (χ0v) is 19.9. The maximum absolute atomic E-state index is 6.77. The standard InChI is InChI=1S/C30H28NOP/c1-30(2,33(25-19-11-5-12-20-25)26-21-13-6-14-22-26)29-31-27(23-15-7-3-8-16-23)28(32-29)24-17-9-4-10-18-24/h3-22,27-28H,1-2H3/t27-,28+/m0/s1. The molecule has 4 aromatic rings. The molecule has 0 radical (unpaired) electrons. The Morgan fingerprint density at radius 1 is 0.606 bits per heavy atom. The van der Waals surface area contributed by atoms with Gasteiger partial charge in [0.15, 0.2) is 12.0 Å². The Labute approximate surface area is 197 Å². The van der Waals surface area contributed by atoms with E-state index in [1.807, 2.05) is 6.07 Å². The molecule has 0 bridgehead atoms. The predicted molar refractivity (Wildman–Crippen MR) is 140 cm³/mol. The van der Waals surface area contributed by atoms with Crippen LogP contribution in [0.1, 0.15) is 37.1 Å². The number of aliphatic imine (C=N–C) groups is 1. The molecule has 33 heavy (non-hydrogen) atoms. The Bertz CT molecular complexity index is 1170. The monoisotopic (exact) mass is 449 g/mol. The van der Waals surface area contributed by atoms with Crippen LogP contribution in [-0.4, -0.2) is 11.1 Å². The fourth-order valence-corrected chi connectivity index (χ4v) is 7.38. The Morgan fingerprint density at radius 3 is 1.52 bits per heavy atom. The molecule has 0 N–H and O–H groups in total. The largest absolute Gasteiger partial charge is 0.469 e. The molecule has 1 heterocycles. The smallest absolute Gasteiger partial charge is 0.195 e. The van der Waals surface area contributed by atoms with Gasteiger partial charge in [0.1, 0.15) is 6.04 Å². The first-order valence-corrected chi connectivity index (χ1v) is 12.7. The molecule has 0 fully saturated rings. The molecule has 2 nitrogen and oxygen atoms in total. The maximum atomic E-state index is 6.77. The van der Waals surface area contributed by atoms with Gasteiger partial charge in [-0.05, 0) is 43.5 Å². The second-order valence-corrected chi connectivity index (χ2v) is 11.6. The fourth-order valence-electron chi connectivity index (χ4n) is 4.55. The van der Waals surface area contributed by atoms with Crippen molar-refractivity contribution in [2.45, 2.75) is 31.1 Å². The minimum Gasteiger partial charge on any atom is -0.469 e. The van der Waals surface area contributed by atoms with E-state index in [1.165, 1.54) is 16.2 Å². The minimum atomic E-state index is -0.737. The van der Waals surface area contributed by atoms with Gasteiger partial charge in [0.05, 0.1) is 5.16 Å². The van der Waals surface area contributed by atoms with Crippen molar-refractivity contribution in [3.05, 3.63) is 132 Å². The first kappa shape index (κ1) is 21.6. The lowest BCUT2D eigenvalue weighted by Gasteiger charge is -2.35. The van der Waals surface area contributed by atoms with E-state index < -0.39 is 7.92 Å². The van der Waals surface area contributed by atoms with Gasteiger partial charge in [-0.25, -0.2) is 4.99 Å². The Morgan fingerprint density at radius 2 is 1.03 bits per heavy atom. The lowest BCUT2D eigenvalue weighted by Crippen LogP contribution is -2.37. The highest BCUT2D eigenvalue weighted by molar-refractivity contribution is 7.75. The number of benzene rings is 4. The number of hydrogen-bond acceptors (Lipinski definition) is 2. The normalized spacial score (nSPS) is 18.1. The molecule has 1 aliphatic rings. The van der Waals surface area contributed by atoms with Crippen LogP contribution in [0.2, 0.25) is 0 Å². The van der Waals surface area contributed by atoms with E-state index in [0.717, 1.165) is 11.5 Å². The first-order valence-electron chi connectivity index (χ1n) is 11.4. The van der Waals surface area contributed by atoms with E-state index in [1.54, 1.807) is 0 Å². The van der Waals surface area contributed by atoms with Crippen molar-refractivity contribution < 1.29 is 4.74 Å². The van der Waals surface area contributed by atoms with Crippen LogP contribution in [0.15, 0.2) is 126 Å². The minimum absolute atomic E-state index is 0.0636. The first-order chi connectivity index (χ1) is 16.1. The van der Waals surface area contributed by atoms with Gasteiger partial charge < -0.3 is 4.74 Å². The third-order valence-corrected chi connectivity index (χ3v) is 9.10. The van der Waals surface area contributed by atoms with Crippen LogP contribution in [0.4, 0.5) is 0 Å². The van der Waals surface area contributed by atoms with E-state index in [0.29, 0.717) is 0 Å². The van der Waals surface area contributed by atoms with Gasteiger partial charge in [-0.15, -0.1) is 0 Å². The fraction of sp³-hybridized carbons (Fsp3) is 0.167. The van der Waals surface area contributed by atoms with Crippen LogP contribution in [0, 0.1) is 0 Å². The molecule has 5 rings (SSSR count). The van der Waals surface area contributed by atoms with E-state index >= 15 is 0 Å². The molecule has 0 aliphatic carbocycles. The average Bonchev–Trinajstić information content (AvgIpc) is 3.33. The summed E-state index contributed by atoms with van der Waals surface area (Å²) in [6.45, 7) is 4.57. The van der Waals surface area contributed by atoms with E-state index in [2.05, 4.69) is 129 Å². The van der Waals surface area contributed by atoms with Gasteiger partial charge >= 0.3 is 0 Å².